The highest BCUT2D eigenvalue weighted by Gasteiger charge is 2.14. The van der Waals surface area contributed by atoms with Gasteiger partial charge in [0.25, 0.3) is 0 Å². The number of hydrogen-bond donors (Lipinski definition) is 1. The number of nitrogen functional groups attached to an aromatic ring is 1. The van der Waals surface area contributed by atoms with Crippen LogP contribution in [0, 0.1) is 0 Å². The zero-order valence-corrected chi connectivity index (χ0v) is 11.8. The summed E-state index contributed by atoms with van der Waals surface area (Å²) in [5.74, 6) is 0.543. The van der Waals surface area contributed by atoms with E-state index in [0.29, 0.717) is 22.7 Å². The molecule has 98 valence electrons. The van der Waals surface area contributed by atoms with Crippen molar-refractivity contribution in [3.8, 4) is 11.5 Å². The van der Waals surface area contributed by atoms with Crippen molar-refractivity contribution in [1.82, 2.24) is 0 Å². The summed E-state index contributed by atoms with van der Waals surface area (Å²) in [5.41, 5.74) is 6.44. The lowest BCUT2D eigenvalue weighted by Crippen LogP contribution is -2.04. The first-order valence-electron chi connectivity index (χ1n) is 5.51. The van der Waals surface area contributed by atoms with Gasteiger partial charge in [-0.15, -0.1) is 0 Å². The van der Waals surface area contributed by atoms with E-state index in [1.54, 1.807) is 24.3 Å². The Hall–Kier alpha value is -2.01. The van der Waals surface area contributed by atoms with Crippen molar-refractivity contribution >= 4 is 27.6 Å². The lowest BCUT2D eigenvalue weighted by Gasteiger charge is -2.10. The molecule has 5 heteroatoms. The molecule has 0 amide bonds. The van der Waals surface area contributed by atoms with Crippen LogP contribution in [-0.2, 0) is 4.74 Å². The highest BCUT2D eigenvalue weighted by atomic mass is 79.9. The molecule has 0 saturated carbocycles. The molecule has 2 rings (SSSR count). The number of methoxy groups -OCH3 is 1. The Bertz CT molecular complexity index is 596. The van der Waals surface area contributed by atoms with E-state index in [-0.39, 0.29) is 0 Å². The van der Waals surface area contributed by atoms with Gasteiger partial charge in [-0.05, 0) is 42.5 Å². The SMILES string of the molecule is COC(=O)c1cc(N)ccc1Oc1ccc(Br)cc1. The molecule has 0 heterocycles. The van der Waals surface area contributed by atoms with Crippen molar-refractivity contribution in [1.29, 1.82) is 0 Å². The predicted molar refractivity (Wildman–Crippen MR) is 76.4 cm³/mol. The first kappa shape index (κ1) is 13.4. The maximum Gasteiger partial charge on any atom is 0.341 e. The van der Waals surface area contributed by atoms with Crippen molar-refractivity contribution in [3.63, 3.8) is 0 Å². The molecule has 0 aliphatic rings. The summed E-state index contributed by atoms with van der Waals surface area (Å²) >= 11 is 3.34. The van der Waals surface area contributed by atoms with Gasteiger partial charge in [0.2, 0.25) is 0 Å². The van der Waals surface area contributed by atoms with E-state index in [1.807, 2.05) is 12.1 Å². The molecule has 0 atom stereocenters. The van der Waals surface area contributed by atoms with Gasteiger partial charge in [0.1, 0.15) is 17.1 Å². The summed E-state index contributed by atoms with van der Waals surface area (Å²) in [6.45, 7) is 0. The van der Waals surface area contributed by atoms with Gasteiger partial charge in [-0.25, -0.2) is 4.79 Å². The van der Waals surface area contributed by atoms with Gasteiger partial charge in [0.15, 0.2) is 0 Å². The van der Waals surface area contributed by atoms with Crippen molar-refractivity contribution in [2.24, 2.45) is 0 Å². The lowest BCUT2D eigenvalue weighted by atomic mass is 10.2. The minimum Gasteiger partial charge on any atom is -0.465 e. The highest BCUT2D eigenvalue weighted by Crippen LogP contribution is 2.28. The Kier molecular flexibility index (Phi) is 4.06. The molecule has 0 unspecified atom stereocenters. The molecule has 4 nitrogen and oxygen atoms in total. The van der Waals surface area contributed by atoms with E-state index >= 15 is 0 Å². The number of benzene rings is 2. The molecule has 2 aromatic rings. The number of halogens is 1. The zero-order chi connectivity index (χ0) is 13.8. The number of carbonyl (C=O) groups is 1. The van der Waals surface area contributed by atoms with Gasteiger partial charge < -0.3 is 15.2 Å². The van der Waals surface area contributed by atoms with E-state index in [0.717, 1.165) is 4.47 Å². The molecular formula is C14H12BrNO3. The second-order valence-corrected chi connectivity index (χ2v) is 4.72. The van der Waals surface area contributed by atoms with Crippen LogP contribution in [0.5, 0.6) is 11.5 Å². The molecule has 19 heavy (non-hydrogen) atoms. The smallest absolute Gasteiger partial charge is 0.341 e. The van der Waals surface area contributed by atoms with Gasteiger partial charge in [0, 0.05) is 10.2 Å². The average molecular weight is 322 g/mol. The summed E-state index contributed by atoms with van der Waals surface area (Å²) in [4.78, 5) is 11.7. The zero-order valence-electron chi connectivity index (χ0n) is 10.2. The van der Waals surface area contributed by atoms with Crippen LogP contribution in [0.4, 0.5) is 5.69 Å². The summed E-state index contributed by atoms with van der Waals surface area (Å²) in [5, 5.41) is 0. The molecule has 2 aromatic carbocycles. The fraction of sp³-hybridized carbons (Fsp3) is 0.0714. The number of hydrogen-bond acceptors (Lipinski definition) is 4. The van der Waals surface area contributed by atoms with Crippen molar-refractivity contribution in [2.45, 2.75) is 0 Å². The Morgan fingerprint density at radius 1 is 1.16 bits per heavy atom. The number of nitrogens with two attached hydrogens (primary N) is 1. The Morgan fingerprint density at radius 2 is 1.84 bits per heavy atom. The topological polar surface area (TPSA) is 61.5 Å². The number of esters is 1. The molecule has 0 aliphatic carbocycles. The van der Waals surface area contributed by atoms with Crippen LogP contribution in [0.15, 0.2) is 46.9 Å². The largest absolute Gasteiger partial charge is 0.465 e. The third-order valence-electron chi connectivity index (χ3n) is 2.45. The first-order chi connectivity index (χ1) is 9.10. The molecule has 0 saturated heterocycles. The summed E-state index contributed by atoms with van der Waals surface area (Å²) in [6, 6.07) is 12.1. The Morgan fingerprint density at radius 3 is 2.47 bits per heavy atom. The standard InChI is InChI=1S/C14H12BrNO3/c1-18-14(17)12-8-10(16)4-7-13(12)19-11-5-2-9(15)3-6-11/h2-8H,16H2,1H3. The minimum atomic E-state index is -0.487. The lowest BCUT2D eigenvalue weighted by molar-refractivity contribution is 0.0598. The predicted octanol–water partition coefficient (Wildman–Crippen LogP) is 3.61. The van der Waals surface area contributed by atoms with Crippen LogP contribution in [0.3, 0.4) is 0 Å². The number of carbonyl (C=O) groups excluding carboxylic acids is 1. The number of rotatable bonds is 3. The van der Waals surface area contributed by atoms with Crippen molar-refractivity contribution in [2.75, 3.05) is 12.8 Å². The molecule has 0 spiro atoms. The van der Waals surface area contributed by atoms with Crippen LogP contribution in [0.2, 0.25) is 0 Å². The van der Waals surface area contributed by atoms with Crippen molar-refractivity contribution < 1.29 is 14.3 Å². The second-order valence-electron chi connectivity index (χ2n) is 3.80. The minimum absolute atomic E-state index is 0.297. The summed E-state index contributed by atoms with van der Waals surface area (Å²) in [7, 11) is 1.31. The van der Waals surface area contributed by atoms with Crippen molar-refractivity contribution in [3.05, 3.63) is 52.5 Å². The van der Waals surface area contributed by atoms with Crippen LogP contribution in [0.1, 0.15) is 10.4 Å². The molecule has 0 bridgehead atoms. The van der Waals surface area contributed by atoms with Gasteiger partial charge in [-0.2, -0.15) is 0 Å². The Balaban J connectivity index is 2.34. The average Bonchev–Trinajstić information content (AvgIpc) is 2.42. The number of ether oxygens (including phenoxy) is 2. The molecule has 0 radical (unpaired) electrons. The molecule has 2 N–H and O–H groups in total. The molecule has 0 fully saturated rings. The first-order valence-corrected chi connectivity index (χ1v) is 6.30. The van der Waals surface area contributed by atoms with Gasteiger partial charge >= 0.3 is 5.97 Å². The fourth-order valence-electron chi connectivity index (χ4n) is 1.54. The normalized spacial score (nSPS) is 10.0. The van der Waals surface area contributed by atoms with Crippen LogP contribution in [0.25, 0.3) is 0 Å². The van der Waals surface area contributed by atoms with Gasteiger partial charge in [-0.1, -0.05) is 15.9 Å². The monoisotopic (exact) mass is 321 g/mol. The van der Waals surface area contributed by atoms with Gasteiger partial charge in [-0.3, -0.25) is 0 Å². The van der Waals surface area contributed by atoms with E-state index in [2.05, 4.69) is 15.9 Å². The molecule has 0 aliphatic heterocycles. The Labute approximate surface area is 119 Å². The maximum atomic E-state index is 11.7. The summed E-state index contributed by atoms with van der Waals surface area (Å²) in [6.07, 6.45) is 0. The van der Waals surface area contributed by atoms with Gasteiger partial charge in [0.05, 0.1) is 7.11 Å². The quantitative estimate of drug-likeness (QED) is 0.693. The fourth-order valence-corrected chi connectivity index (χ4v) is 1.80. The van der Waals surface area contributed by atoms with E-state index in [1.165, 1.54) is 13.2 Å². The molecular weight excluding hydrogens is 310 g/mol. The summed E-state index contributed by atoms with van der Waals surface area (Å²) < 4.78 is 11.3. The molecule has 0 aromatic heterocycles. The highest BCUT2D eigenvalue weighted by molar-refractivity contribution is 9.10. The number of anilines is 1. The van der Waals surface area contributed by atoms with Crippen LogP contribution >= 0.6 is 15.9 Å². The van der Waals surface area contributed by atoms with E-state index in [9.17, 15) is 4.79 Å². The van der Waals surface area contributed by atoms with E-state index < -0.39 is 5.97 Å². The van der Waals surface area contributed by atoms with Crippen LogP contribution in [-0.4, -0.2) is 13.1 Å². The second kappa shape index (κ2) is 5.75. The van der Waals surface area contributed by atoms with E-state index in [4.69, 9.17) is 15.2 Å². The third kappa shape index (κ3) is 3.26. The maximum absolute atomic E-state index is 11.7. The third-order valence-corrected chi connectivity index (χ3v) is 2.98. The van der Waals surface area contributed by atoms with Crippen LogP contribution < -0.4 is 10.5 Å².